The first-order valence-electron chi connectivity index (χ1n) is 4.53. The van der Waals surface area contributed by atoms with Gasteiger partial charge in [-0.2, -0.15) is 0 Å². The predicted molar refractivity (Wildman–Crippen MR) is 57.9 cm³/mol. The first kappa shape index (κ1) is 11.5. The largest absolute Gasteiger partial charge is 0.331 e. The highest BCUT2D eigenvalue weighted by Crippen LogP contribution is 2.20. The molecule has 0 aliphatic heterocycles. The van der Waals surface area contributed by atoms with E-state index in [0.29, 0.717) is 0 Å². The van der Waals surface area contributed by atoms with Crippen LogP contribution in [-0.2, 0) is 0 Å². The van der Waals surface area contributed by atoms with Crippen LogP contribution in [0.4, 0.5) is 14.7 Å². The Morgan fingerprint density at radius 2 is 2.06 bits per heavy atom. The monoisotopic (exact) mass is 257 g/mol. The average Bonchev–Trinajstić information content (AvgIpc) is 2.76. The zero-order chi connectivity index (χ0) is 12.4. The SMILES string of the molecule is O=C(Nc1ncc[nH]1)c1cc(F)c(F)cc1Cl. The Kier molecular flexibility index (Phi) is 3.06. The van der Waals surface area contributed by atoms with Crippen LogP contribution in [0.15, 0.2) is 24.5 Å². The molecule has 0 radical (unpaired) electrons. The fourth-order valence-corrected chi connectivity index (χ4v) is 1.44. The number of benzene rings is 1. The van der Waals surface area contributed by atoms with Crippen LogP contribution in [0.3, 0.4) is 0 Å². The summed E-state index contributed by atoms with van der Waals surface area (Å²) in [6.45, 7) is 0. The number of carbonyl (C=O) groups excluding carboxylic acids is 1. The van der Waals surface area contributed by atoms with Gasteiger partial charge in [0.25, 0.3) is 5.91 Å². The number of aromatic amines is 1. The van der Waals surface area contributed by atoms with Crippen LogP contribution in [0.1, 0.15) is 10.4 Å². The summed E-state index contributed by atoms with van der Waals surface area (Å²) < 4.78 is 25.8. The molecule has 4 nitrogen and oxygen atoms in total. The van der Waals surface area contributed by atoms with Crippen molar-refractivity contribution < 1.29 is 13.6 Å². The van der Waals surface area contributed by atoms with Crippen molar-refractivity contribution >= 4 is 23.5 Å². The van der Waals surface area contributed by atoms with E-state index in [1.165, 1.54) is 12.4 Å². The second kappa shape index (κ2) is 4.50. The lowest BCUT2D eigenvalue weighted by Crippen LogP contribution is -2.14. The van der Waals surface area contributed by atoms with Gasteiger partial charge in [-0.3, -0.25) is 10.1 Å². The van der Waals surface area contributed by atoms with Gasteiger partial charge in [-0.05, 0) is 12.1 Å². The molecule has 88 valence electrons. The zero-order valence-electron chi connectivity index (χ0n) is 8.30. The number of nitrogens with one attached hydrogen (secondary N) is 2. The molecule has 1 amide bonds. The molecule has 0 spiro atoms. The van der Waals surface area contributed by atoms with E-state index in [-0.39, 0.29) is 16.5 Å². The van der Waals surface area contributed by atoms with Crippen molar-refractivity contribution in [3.8, 4) is 0 Å². The van der Waals surface area contributed by atoms with Gasteiger partial charge in [0.1, 0.15) is 0 Å². The minimum absolute atomic E-state index is 0.165. The Labute approximate surface area is 99.6 Å². The summed E-state index contributed by atoms with van der Waals surface area (Å²) in [5.41, 5.74) is -0.165. The molecule has 0 atom stereocenters. The van der Waals surface area contributed by atoms with E-state index >= 15 is 0 Å². The maximum absolute atomic E-state index is 13.0. The Morgan fingerprint density at radius 1 is 1.35 bits per heavy atom. The van der Waals surface area contributed by atoms with Crippen molar-refractivity contribution in [2.75, 3.05) is 5.32 Å². The lowest BCUT2D eigenvalue weighted by atomic mass is 10.2. The maximum atomic E-state index is 13.0. The van der Waals surface area contributed by atoms with Gasteiger partial charge < -0.3 is 4.98 Å². The third-order valence-electron chi connectivity index (χ3n) is 1.98. The van der Waals surface area contributed by atoms with Gasteiger partial charge in [0, 0.05) is 12.4 Å². The first-order valence-corrected chi connectivity index (χ1v) is 4.91. The molecule has 2 N–H and O–H groups in total. The topological polar surface area (TPSA) is 57.8 Å². The summed E-state index contributed by atoms with van der Waals surface area (Å²) in [7, 11) is 0. The summed E-state index contributed by atoms with van der Waals surface area (Å²) in [4.78, 5) is 18.0. The normalized spacial score (nSPS) is 10.3. The highest BCUT2D eigenvalue weighted by molar-refractivity contribution is 6.34. The Morgan fingerprint density at radius 3 is 2.71 bits per heavy atom. The molecule has 0 fully saturated rings. The van der Waals surface area contributed by atoms with Gasteiger partial charge >= 0.3 is 0 Å². The number of amides is 1. The molecule has 0 unspecified atom stereocenters. The Balaban J connectivity index is 2.28. The molecule has 1 aromatic carbocycles. The van der Waals surface area contributed by atoms with Crippen molar-refractivity contribution in [2.24, 2.45) is 0 Å². The first-order chi connectivity index (χ1) is 8.08. The molecule has 0 aliphatic rings. The minimum atomic E-state index is -1.14. The summed E-state index contributed by atoms with van der Waals surface area (Å²) in [6, 6.07) is 1.48. The van der Waals surface area contributed by atoms with Crippen LogP contribution >= 0.6 is 11.6 Å². The molecular weight excluding hydrogens is 252 g/mol. The van der Waals surface area contributed by atoms with Crippen molar-refractivity contribution in [2.45, 2.75) is 0 Å². The number of carbonyl (C=O) groups is 1. The number of anilines is 1. The van der Waals surface area contributed by atoms with Gasteiger partial charge in [0.05, 0.1) is 10.6 Å². The van der Waals surface area contributed by atoms with E-state index < -0.39 is 17.5 Å². The van der Waals surface area contributed by atoms with Gasteiger partial charge in [-0.25, -0.2) is 13.8 Å². The van der Waals surface area contributed by atoms with E-state index in [0.717, 1.165) is 12.1 Å². The molecule has 0 aliphatic carbocycles. The third kappa shape index (κ3) is 2.42. The number of aromatic nitrogens is 2. The lowest BCUT2D eigenvalue weighted by molar-refractivity contribution is 0.102. The molecular formula is C10H6ClF2N3O. The Hall–Kier alpha value is -1.95. The van der Waals surface area contributed by atoms with E-state index in [1.807, 2.05) is 0 Å². The van der Waals surface area contributed by atoms with Crippen molar-refractivity contribution in [1.29, 1.82) is 0 Å². The van der Waals surface area contributed by atoms with Crippen LogP contribution in [0, 0.1) is 11.6 Å². The van der Waals surface area contributed by atoms with Gasteiger partial charge in [-0.1, -0.05) is 11.6 Å². The summed E-state index contributed by atoms with van der Waals surface area (Å²) in [5, 5.41) is 2.17. The van der Waals surface area contributed by atoms with Crippen molar-refractivity contribution in [3.05, 3.63) is 46.7 Å². The van der Waals surface area contributed by atoms with Crippen LogP contribution in [-0.4, -0.2) is 15.9 Å². The number of rotatable bonds is 2. The molecule has 7 heteroatoms. The standard InChI is InChI=1S/C10H6ClF2N3O/c11-6-4-8(13)7(12)3-5(6)9(17)16-10-14-1-2-15-10/h1-4H,(H2,14,15,16,17). The molecule has 0 bridgehead atoms. The quantitative estimate of drug-likeness (QED) is 0.813. The van der Waals surface area contributed by atoms with Gasteiger partial charge in [0.15, 0.2) is 11.6 Å². The molecule has 2 rings (SSSR count). The Bertz CT molecular complexity index is 557. The van der Waals surface area contributed by atoms with Gasteiger partial charge in [0.2, 0.25) is 5.95 Å². The number of hydrogen-bond acceptors (Lipinski definition) is 2. The molecule has 1 heterocycles. The fourth-order valence-electron chi connectivity index (χ4n) is 1.21. The van der Waals surface area contributed by atoms with Crippen LogP contribution in [0.25, 0.3) is 0 Å². The minimum Gasteiger partial charge on any atom is -0.331 e. The van der Waals surface area contributed by atoms with E-state index in [4.69, 9.17) is 11.6 Å². The second-order valence-electron chi connectivity index (χ2n) is 3.14. The van der Waals surface area contributed by atoms with Crippen molar-refractivity contribution in [1.82, 2.24) is 9.97 Å². The lowest BCUT2D eigenvalue weighted by Gasteiger charge is -2.04. The molecule has 2 aromatic rings. The number of imidazole rings is 1. The van der Waals surface area contributed by atoms with Crippen molar-refractivity contribution in [3.63, 3.8) is 0 Å². The second-order valence-corrected chi connectivity index (χ2v) is 3.55. The fraction of sp³-hybridized carbons (Fsp3) is 0. The smallest absolute Gasteiger partial charge is 0.259 e. The molecule has 17 heavy (non-hydrogen) atoms. The number of H-pyrrole nitrogens is 1. The number of hydrogen-bond donors (Lipinski definition) is 2. The maximum Gasteiger partial charge on any atom is 0.259 e. The molecule has 0 saturated heterocycles. The van der Waals surface area contributed by atoms with Gasteiger partial charge in [-0.15, -0.1) is 0 Å². The predicted octanol–water partition coefficient (Wildman–Crippen LogP) is 2.59. The summed E-state index contributed by atoms with van der Waals surface area (Å²) in [5.74, 6) is -2.73. The zero-order valence-corrected chi connectivity index (χ0v) is 9.05. The number of halogens is 3. The number of nitrogens with zero attached hydrogens (tertiary/aromatic N) is 1. The third-order valence-corrected chi connectivity index (χ3v) is 2.30. The van der Waals surface area contributed by atoms with E-state index in [9.17, 15) is 13.6 Å². The average molecular weight is 258 g/mol. The van der Waals surface area contributed by atoms with E-state index in [2.05, 4.69) is 15.3 Å². The van der Waals surface area contributed by atoms with Crippen LogP contribution in [0.2, 0.25) is 5.02 Å². The highest BCUT2D eigenvalue weighted by Gasteiger charge is 2.15. The van der Waals surface area contributed by atoms with Crippen LogP contribution in [0.5, 0.6) is 0 Å². The summed E-state index contributed by atoms with van der Waals surface area (Å²) in [6.07, 6.45) is 2.94. The highest BCUT2D eigenvalue weighted by atomic mass is 35.5. The molecule has 1 aromatic heterocycles. The molecule has 0 saturated carbocycles. The summed E-state index contributed by atoms with van der Waals surface area (Å²) >= 11 is 5.64. The van der Waals surface area contributed by atoms with E-state index in [1.54, 1.807) is 0 Å². The van der Waals surface area contributed by atoms with Crippen LogP contribution < -0.4 is 5.32 Å².